The van der Waals surface area contributed by atoms with Crippen molar-refractivity contribution in [2.45, 2.75) is 13.8 Å². The van der Waals surface area contributed by atoms with Crippen LogP contribution in [0, 0.1) is 11.7 Å². The van der Waals surface area contributed by atoms with Crippen molar-refractivity contribution in [3.05, 3.63) is 30.1 Å². The van der Waals surface area contributed by atoms with Gasteiger partial charge in [-0.25, -0.2) is 12.8 Å². The number of rotatable bonds is 6. The Kier molecular flexibility index (Phi) is 6.17. The van der Waals surface area contributed by atoms with E-state index in [0.717, 1.165) is 25.7 Å². The molecule has 2 rings (SSSR count). The largest absolute Gasteiger partial charge is 0.340 e. The third kappa shape index (κ3) is 5.17. The number of nitrogens with one attached hydrogen (secondary N) is 1. The summed E-state index contributed by atoms with van der Waals surface area (Å²) in [5.41, 5.74) is 0.159. The first-order valence-electron chi connectivity index (χ1n) is 8.08. The van der Waals surface area contributed by atoms with Gasteiger partial charge >= 0.3 is 0 Å². The zero-order chi connectivity index (χ0) is 17.7. The van der Waals surface area contributed by atoms with Crippen molar-refractivity contribution in [1.82, 2.24) is 9.80 Å². The molecular weight excluding hydrogens is 333 g/mol. The van der Waals surface area contributed by atoms with Crippen molar-refractivity contribution >= 4 is 21.6 Å². The second kappa shape index (κ2) is 7.94. The second-order valence-corrected chi connectivity index (χ2v) is 7.82. The van der Waals surface area contributed by atoms with Crippen LogP contribution in [0.25, 0.3) is 0 Å². The number of benzene rings is 1. The lowest BCUT2D eigenvalue weighted by Crippen LogP contribution is -2.50. The predicted octanol–water partition coefficient (Wildman–Crippen LogP) is 1.37. The number of nitrogens with zero attached hydrogens (tertiary/aromatic N) is 2. The third-order valence-corrected chi connectivity index (χ3v) is 5.61. The molecule has 1 aromatic rings. The summed E-state index contributed by atoms with van der Waals surface area (Å²) in [6, 6.07) is 5.24. The summed E-state index contributed by atoms with van der Waals surface area (Å²) >= 11 is 0. The van der Waals surface area contributed by atoms with E-state index in [9.17, 15) is 17.6 Å². The highest BCUT2D eigenvalue weighted by Crippen LogP contribution is 2.14. The summed E-state index contributed by atoms with van der Waals surface area (Å²) in [4.78, 5) is 16.4. The van der Waals surface area contributed by atoms with Gasteiger partial charge in [-0.15, -0.1) is 0 Å². The minimum atomic E-state index is -3.72. The number of amides is 1. The summed E-state index contributed by atoms with van der Waals surface area (Å²) in [5, 5.41) is 0. The van der Waals surface area contributed by atoms with Gasteiger partial charge in [-0.2, -0.15) is 0 Å². The zero-order valence-electron chi connectivity index (χ0n) is 14.0. The van der Waals surface area contributed by atoms with Gasteiger partial charge in [0, 0.05) is 26.2 Å². The fourth-order valence-corrected chi connectivity index (χ4v) is 4.14. The van der Waals surface area contributed by atoms with Crippen LogP contribution >= 0.6 is 0 Å². The van der Waals surface area contributed by atoms with Crippen molar-refractivity contribution in [2.75, 3.05) is 43.2 Å². The first-order chi connectivity index (χ1) is 11.3. The van der Waals surface area contributed by atoms with Crippen LogP contribution in [0.2, 0.25) is 0 Å². The number of piperazine rings is 1. The highest BCUT2D eigenvalue weighted by Gasteiger charge is 2.28. The molecule has 134 valence electrons. The number of hydrogen-bond acceptors (Lipinski definition) is 4. The van der Waals surface area contributed by atoms with Crippen LogP contribution in [-0.2, 0) is 14.8 Å². The molecule has 0 radical (unpaired) electrons. The molecule has 1 aliphatic heterocycles. The molecular formula is C16H24FN3O3S. The Hall–Kier alpha value is -1.67. The number of likely N-dealkylation sites (N-methyl/N-ethyl adjacent to an activating group) is 1. The maximum absolute atomic E-state index is 13.1. The molecule has 0 spiro atoms. The topological polar surface area (TPSA) is 69.7 Å². The lowest BCUT2D eigenvalue weighted by molar-refractivity contribution is -0.136. The molecule has 6 nitrogen and oxygen atoms in total. The molecule has 1 aromatic carbocycles. The van der Waals surface area contributed by atoms with E-state index in [1.807, 2.05) is 0 Å². The van der Waals surface area contributed by atoms with Crippen LogP contribution in [0.3, 0.4) is 0 Å². The molecule has 1 fully saturated rings. The third-order valence-electron chi connectivity index (χ3n) is 4.12. The van der Waals surface area contributed by atoms with Crippen LogP contribution in [0.5, 0.6) is 0 Å². The highest BCUT2D eigenvalue weighted by molar-refractivity contribution is 7.92. The van der Waals surface area contributed by atoms with Gasteiger partial charge in [-0.3, -0.25) is 9.52 Å². The van der Waals surface area contributed by atoms with Crippen LogP contribution in [0.1, 0.15) is 13.8 Å². The number of carbonyl (C=O) groups is 1. The Morgan fingerprint density at radius 1 is 1.29 bits per heavy atom. The summed E-state index contributed by atoms with van der Waals surface area (Å²) in [6.07, 6.45) is 0. The fourth-order valence-electron chi connectivity index (χ4n) is 2.77. The Balaban J connectivity index is 1.92. The second-order valence-electron chi connectivity index (χ2n) is 6.05. The van der Waals surface area contributed by atoms with Crippen molar-refractivity contribution in [2.24, 2.45) is 5.92 Å². The van der Waals surface area contributed by atoms with Crippen LogP contribution in [0.4, 0.5) is 10.1 Å². The number of carbonyl (C=O) groups excluding carboxylic acids is 1. The molecule has 0 aromatic heterocycles. The normalized spacial score (nSPS) is 17.5. The minimum absolute atomic E-state index is 0.157. The molecule has 1 N–H and O–H groups in total. The lowest BCUT2D eigenvalue weighted by atomic mass is 10.1. The summed E-state index contributed by atoms with van der Waals surface area (Å²) < 4.78 is 39.8. The van der Waals surface area contributed by atoms with Gasteiger partial charge in [0.05, 0.1) is 17.4 Å². The minimum Gasteiger partial charge on any atom is -0.340 e. The first kappa shape index (κ1) is 18.7. The van der Waals surface area contributed by atoms with E-state index in [4.69, 9.17) is 0 Å². The van der Waals surface area contributed by atoms with Gasteiger partial charge in [-0.05, 0) is 24.7 Å². The van der Waals surface area contributed by atoms with Gasteiger partial charge in [0.25, 0.3) is 0 Å². The number of anilines is 1. The molecule has 1 heterocycles. The van der Waals surface area contributed by atoms with Gasteiger partial charge < -0.3 is 9.80 Å². The van der Waals surface area contributed by atoms with Crippen molar-refractivity contribution in [1.29, 1.82) is 0 Å². The molecule has 24 heavy (non-hydrogen) atoms. The zero-order valence-corrected chi connectivity index (χ0v) is 14.9. The average Bonchev–Trinajstić information content (AvgIpc) is 2.53. The molecule has 0 saturated carbocycles. The summed E-state index contributed by atoms with van der Waals surface area (Å²) in [5.74, 6) is -1.65. The monoisotopic (exact) mass is 357 g/mol. The standard InChI is InChI=1S/C16H24FN3O3S/c1-3-19-7-9-20(10-8-19)16(21)13(2)12-24(22,23)18-15-6-4-5-14(17)11-15/h4-6,11,13,18H,3,7-10,12H2,1-2H3. The Morgan fingerprint density at radius 2 is 1.96 bits per heavy atom. The van der Waals surface area contributed by atoms with Crippen LogP contribution in [0.15, 0.2) is 24.3 Å². The molecule has 1 unspecified atom stereocenters. The van der Waals surface area contributed by atoms with E-state index in [1.165, 1.54) is 18.2 Å². The van der Waals surface area contributed by atoms with Crippen molar-refractivity contribution < 1.29 is 17.6 Å². The van der Waals surface area contributed by atoms with E-state index in [2.05, 4.69) is 16.5 Å². The highest BCUT2D eigenvalue weighted by atomic mass is 32.2. The molecule has 1 saturated heterocycles. The summed E-state index contributed by atoms with van der Waals surface area (Å²) in [6.45, 7) is 7.49. The molecule has 1 amide bonds. The van der Waals surface area contributed by atoms with Crippen LogP contribution in [-0.4, -0.2) is 62.6 Å². The average molecular weight is 357 g/mol. The van der Waals surface area contributed by atoms with Crippen molar-refractivity contribution in [3.8, 4) is 0 Å². The van der Waals surface area contributed by atoms with Gasteiger partial charge in [0.15, 0.2) is 0 Å². The predicted molar refractivity (Wildman–Crippen MR) is 91.7 cm³/mol. The number of sulfonamides is 1. The number of hydrogen-bond donors (Lipinski definition) is 1. The Bertz CT molecular complexity index is 673. The van der Waals surface area contributed by atoms with E-state index < -0.39 is 21.8 Å². The van der Waals surface area contributed by atoms with Gasteiger partial charge in [-0.1, -0.05) is 19.9 Å². The van der Waals surface area contributed by atoms with E-state index >= 15 is 0 Å². The molecule has 0 aliphatic carbocycles. The lowest BCUT2D eigenvalue weighted by Gasteiger charge is -2.35. The Labute approximate surface area is 142 Å². The fraction of sp³-hybridized carbons (Fsp3) is 0.562. The molecule has 1 aliphatic rings. The maximum Gasteiger partial charge on any atom is 0.233 e. The molecule has 0 bridgehead atoms. The summed E-state index contributed by atoms with van der Waals surface area (Å²) in [7, 11) is -3.72. The van der Waals surface area contributed by atoms with E-state index in [1.54, 1.807) is 11.8 Å². The molecule has 1 atom stereocenters. The maximum atomic E-state index is 13.1. The molecule has 8 heteroatoms. The first-order valence-corrected chi connectivity index (χ1v) is 9.73. The van der Waals surface area contributed by atoms with Gasteiger partial charge in [0.1, 0.15) is 5.82 Å². The number of halogens is 1. The van der Waals surface area contributed by atoms with Crippen LogP contribution < -0.4 is 4.72 Å². The van der Waals surface area contributed by atoms with E-state index in [0.29, 0.717) is 13.1 Å². The smallest absolute Gasteiger partial charge is 0.233 e. The quantitative estimate of drug-likeness (QED) is 0.835. The Morgan fingerprint density at radius 3 is 2.54 bits per heavy atom. The van der Waals surface area contributed by atoms with E-state index in [-0.39, 0.29) is 17.3 Å². The van der Waals surface area contributed by atoms with Gasteiger partial charge in [0.2, 0.25) is 15.9 Å². The SMILES string of the molecule is CCN1CCN(C(=O)C(C)CS(=O)(=O)Nc2cccc(F)c2)CC1. The van der Waals surface area contributed by atoms with Crippen molar-refractivity contribution in [3.63, 3.8) is 0 Å².